The molecule has 1 unspecified atom stereocenters. The van der Waals surface area contributed by atoms with Crippen LogP contribution in [-0.2, 0) is 9.53 Å². The molecule has 1 N–H and O–H groups in total. The van der Waals surface area contributed by atoms with E-state index in [9.17, 15) is 4.79 Å². The molecule has 0 amide bonds. The molecule has 2 aromatic carbocycles. The highest BCUT2D eigenvalue weighted by Crippen LogP contribution is 2.44. The summed E-state index contributed by atoms with van der Waals surface area (Å²) in [6.45, 7) is 4.48. The average Bonchev–Trinajstić information content (AvgIpc) is 2.87. The summed E-state index contributed by atoms with van der Waals surface area (Å²) in [6, 6.07) is 14.7. The number of nitrogens with one attached hydrogen (secondary N) is 1. The van der Waals surface area contributed by atoms with Crippen LogP contribution in [0, 0.1) is 13.8 Å². The van der Waals surface area contributed by atoms with E-state index in [0.29, 0.717) is 6.61 Å². The van der Waals surface area contributed by atoms with Crippen LogP contribution in [0.4, 0.5) is 5.69 Å². The molecule has 2 aliphatic heterocycles. The van der Waals surface area contributed by atoms with Crippen molar-refractivity contribution in [3.8, 4) is 0 Å². The summed E-state index contributed by atoms with van der Waals surface area (Å²) >= 11 is 0. The smallest absolute Gasteiger partial charge is 0.337 e. The van der Waals surface area contributed by atoms with Gasteiger partial charge in [-0.05, 0) is 36.6 Å². The van der Waals surface area contributed by atoms with Gasteiger partial charge in [0.05, 0.1) is 11.3 Å². The first kappa shape index (κ1) is 13.1. The number of benzene rings is 2. The number of carbonyl (C=O) groups is 1. The molecule has 0 bridgehead atoms. The summed E-state index contributed by atoms with van der Waals surface area (Å²) in [5, 5.41) is 3.38. The summed E-state index contributed by atoms with van der Waals surface area (Å²) in [4.78, 5) is 12.2. The number of carbonyl (C=O) groups excluding carboxylic acids is 1. The third kappa shape index (κ3) is 1.93. The van der Waals surface area contributed by atoms with Gasteiger partial charge in [0.2, 0.25) is 0 Å². The normalized spacial score (nSPS) is 19.4. The van der Waals surface area contributed by atoms with Crippen molar-refractivity contribution < 1.29 is 9.53 Å². The molecule has 0 saturated carbocycles. The molecule has 2 aromatic rings. The van der Waals surface area contributed by atoms with Gasteiger partial charge in [-0.2, -0.15) is 0 Å². The molecule has 1 atom stereocenters. The molecule has 22 heavy (non-hydrogen) atoms. The fourth-order valence-electron chi connectivity index (χ4n) is 3.27. The van der Waals surface area contributed by atoms with E-state index in [0.717, 1.165) is 28.1 Å². The molecule has 3 nitrogen and oxygen atoms in total. The number of hydrogen-bond donors (Lipinski definition) is 1. The van der Waals surface area contributed by atoms with Crippen LogP contribution in [0.3, 0.4) is 0 Å². The van der Waals surface area contributed by atoms with Crippen LogP contribution in [0.25, 0.3) is 0 Å². The van der Waals surface area contributed by atoms with Crippen LogP contribution < -0.4 is 5.32 Å². The number of aryl methyl sites for hydroxylation is 2. The Bertz CT molecular complexity index is 803. The minimum Gasteiger partial charge on any atom is -0.456 e. The quantitative estimate of drug-likeness (QED) is 0.815. The molecule has 2 heterocycles. The molecule has 0 aliphatic carbocycles. The molecule has 0 aromatic heterocycles. The van der Waals surface area contributed by atoms with Gasteiger partial charge in [0.15, 0.2) is 0 Å². The summed E-state index contributed by atoms with van der Waals surface area (Å²) in [5.74, 6) is -0.262. The number of ether oxygens (including phenoxy) is 1. The Morgan fingerprint density at radius 1 is 1.05 bits per heavy atom. The van der Waals surface area contributed by atoms with Crippen molar-refractivity contribution in [2.24, 2.45) is 0 Å². The van der Waals surface area contributed by atoms with E-state index in [2.05, 4.69) is 61.6 Å². The van der Waals surface area contributed by atoms with Crippen LogP contribution in [0.5, 0.6) is 0 Å². The van der Waals surface area contributed by atoms with Crippen LogP contribution in [0.2, 0.25) is 0 Å². The minimum absolute atomic E-state index is 0.0533. The lowest BCUT2D eigenvalue weighted by Crippen LogP contribution is -2.19. The van der Waals surface area contributed by atoms with E-state index in [1.165, 1.54) is 11.1 Å². The van der Waals surface area contributed by atoms with Crippen molar-refractivity contribution in [1.82, 2.24) is 0 Å². The third-order valence-corrected chi connectivity index (χ3v) is 4.40. The van der Waals surface area contributed by atoms with Gasteiger partial charge in [0.1, 0.15) is 6.61 Å². The maximum Gasteiger partial charge on any atom is 0.337 e. The highest BCUT2D eigenvalue weighted by atomic mass is 16.5. The SMILES string of the molecule is Cc1ccc(C2C3=C(COC3=O)Nc3cc(C)ccc32)cc1. The van der Waals surface area contributed by atoms with Gasteiger partial charge < -0.3 is 10.1 Å². The molecule has 4 rings (SSSR count). The summed E-state index contributed by atoms with van der Waals surface area (Å²) in [5.41, 5.74) is 7.39. The van der Waals surface area contributed by atoms with Crippen molar-refractivity contribution in [2.45, 2.75) is 19.8 Å². The Morgan fingerprint density at radius 3 is 2.55 bits per heavy atom. The van der Waals surface area contributed by atoms with Crippen LogP contribution in [0.15, 0.2) is 53.7 Å². The number of cyclic esters (lactones) is 1. The Hall–Kier alpha value is -2.55. The van der Waals surface area contributed by atoms with Crippen LogP contribution in [0.1, 0.15) is 28.2 Å². The first-order chi connectivity index (χ1) is 10.6. The maximum absolute atomic E-state index is 12.2. The van der Waals surface area contributed by atoms with Crippen LogP contribution in [-0.4, -0.2) is 12.6 Å². The van der Waals surface area contributed by atoms with Gasteiger partial charge in [0.25, 0.3) is 0 Å². The van der Waals surface area contributed by atoms with E-state index in [1.54, 1.807) is 0 Å². The van der Waals surface area contributed by atoms with Crippen molar-refractivity contribution in [1.29, 1.82) is 0 Å². The number of fused-ring (bicyclic) bond motifs is 1. The zero-order valence-electron chi connectivity index (χ0n) is 12.6. The molecule has 2 aliphatic rings. The van der Waals surface area contributed by atoms with Gasteiger partial charge in [-0.25, -0.2) is 4.79 Å². The molecule has 3 heteroatoms. The van der Waals surface area contributed by atoms with Gasteiger partial charge >= 0.3 is 5.97 Å². The van der Waals surface area contributed by atoms with Crippen molar-refractivity contribution in [3.63, 3.8) is 0 Å². The van der Waals surface area contributed by atoms with Crippen LogP contribution >= 0.6 is 0 Å². The lowest BCUT2D eigenvalue weighted by molar-refractivity contribution is -0.136. The van der Waals surface area contributed by atoms with E-state index < -0.39 is 0 Å². The lowest BCUT2D eigenvalue weighted by atomic mass is 9.81. The zero-order chi connectivity index (χ0) is 15.3. The van der Waals surface area contributed by atoms with Crippen molar-refractivity contribution >= 4 is 11.7 Å². The Morgan fingerprint density at radius 2 is 1.77 bits per heavy atom. The monoisotopic (exact) mass is 291 g/mol. The van der Waals surface area contributed by atoms with Crippen molar-refractivity contribution in [2.75, 3.05) is 11.9 Å². The second-order valence-electron chi connectivity index (χ2n) is 6.03. The Balaban J connectivity index is 1.93. The number of esters is 1. The third-order valence-electron chi connectivity index (χ3n) is 4.40. The molecule has 110 valence electrons. The average molecular weight is 291 g/mol. The second kappa shape index (κ2) is 4.73. The summed E-state index contributed by atoms with van der Waals surface area (Å²) < 4.78 is 5.26. The summed E-state index contributed by atoms with van der Waals surface area (Å²) in [6.07, 6.45) is 0. The largest absolute Gasteiger partial charge is 0.456 e. The topological polar surface area (TPSA) is 38.3 Å². The molecule has 0 spiro atoms. The van der Waals surface area contributed by atoms with Gasteiger partial charge in [-0.15, -0.1) is 0 Å². The first-order valence-electron chi connectivity index (χ1n) is 7.48. The number of hydrogen-bond acceptors (Lipinski definition) is 3. The highest BCUT2D eigenvalue weighted by Gasteiger charge is 2.38. The molecular weight excluding hydrogens is 274 g/mol. The number of anilines is 1. The van der Waals surface area contributed by atoms with Crippen molar-refractivity contribution in [3.05, 3.63) is 76.0 Å². The fourth-order valence-corrected chi connectivity index (χ4v) is 3.27. The fraction of sp³-hybridized carbons (Fsp3) is 0.211. The zero-order valence-corrected chi connectivity index (χ0v) is 12.6. The second-order valence-corrected chi connectivity index (χ2v) is 6.03. The minimum atomic E-state index is -0.209. The van der Waals surface area contributed by atoms with E-state index in [-0.39, 0.29) is 11.9 Å². The Kier molecular flexibility index (Phi) is 2.83. The maximum atomic E-state index is 12.2. The predicted molar refractivity (Wildman–Crippen MR) is 85.8 cm³/mol. The van der Waals surface area contributed by atoms with E-state index in [1.807, 2.05) is 0 Å². The molecular formula is C19H17NO2. The van der Waals surface area contributed by atoms with E-state index >= 15 is 0 Å². The molecule has 0 fully saturated rings. The van der Waals surface area contributed by atoms with Gasteiger partial charge in [-0.1, -0.05) is 42.0 Å². The first-order valence-corrected chi connectivity index (χ1v) is 7.48. The highest BCUT2D eigenvalue weighted by molar-refractivity contribution is 5.97. The van der Waals surface area contributed by atoms with E-state index in [4.69, 9.17) is 4.74 Å². The lowest BCUT2D eigenvalue weighted by Gasteiger charge is -2.27. The molecule has 0 saturated heterocycles. The Labute approximate surface area is 129 Å². The summed E-state index contributed by atoms with van der Waals surface area (Å²) in [7, 11) is 0. The van der Waals surface area contributed by atoms with Gasteiger partial charge in [-0.3, -0.25) is 0 Å². The number of rotatable bonds is 1. The standard InChI is InChI=1S/C19H17NO2/c1-11-3-6-13(7-4-11)17-14-8-5-12(2)9-15(14)20-16-10-22-19(21)18(16)17/h3-9,17,20H,10H2,1-2H3. The van der Waals surface area contributed by atoms with Gasteiger partial charge in [0, 0.05) is 11.6 Å². The molecule has 0 radical (unpaired) electrons. The predicted octanol–water partition coefficient (Wildman–Crippen LogP) is 3.67.